The molecule has 0 aliphatic heterocycles. The third-order valence-corrected chi connectivity index (χ3v) is 5.48. The van der Waals surface area contributed by atoms with Gasteiger partial charge in [0.15, 0.2) is 0 Å². The Bertz CT molecular complexity index is 335. The van der Waals surface area contributed by atoms with Gasteiger partial charge < -0.3 is 20.1 Å². The molecule has 0 unspecified atom stereocenters. The third kappa shape index (κ3) is 6.30. The summed E-state index contributed by atoms with van der Waals surface area (Å²) in [5.74, 6) is 0.427. The SMILES string of the molecule is CN(C(=O)NCCOC1CCCCCC1)C1CCC(CO)CC1. The van der Waals surface area contributed by atoms with Crippen molar-refractivity contribution in [2.75, 3.05) is 26.8 Å². The highest BCUT2D eigenvalue weighted by molar-refractivity contribution is 5.74. The lowest BCUT2D eigenvalue weighted by Crippen LogP contribution is -2.46. The molecule has 2 aliphatic rings. The normalized spacial score (nSPS) is 26.5. The molecule has 23 heavy (non-hydrogen) atoms. The number of carbonyl (C=O) groups is 1. The summed E-state index contributed by atoms with van der Waals surface area (Å²) in [5, 5.41) is 12.2. The first-order valence-corrected chi connectivity index (χ1v) is 9.44. The van der Waals surface area contributed by atoms with E-state index in [4.69, 9.17) is 4.74 Å². The van der Waals surface area contributed by atoms with Gasteiger partial charge in [-0.3, -0.25) is 0 Å². The summed E-state index contributed by atoms with van der Waals surface area (Å²) in [6.45, 7) is 1.48. The fourth-order valence-electron chi connectivity index (χ4n) is 3.80. The van der Waals surface area contributed by atoms with Crippen molar-refractivity contribution in [1.82, 2.24) is 10.2 Å². The van der Waals surface area contributed by atoms with Gasteiger partial charge in [-0.15, -0.1) is 0 Å². The molecule has 0 radical (unpaired) electrons. The predicted octanol–water partition coefficient (Wildman–Crippen LogP) is 2.92. The average molecular weight is 326 g/mol. The first-order chi connectivity index (χ1) is 11.2. The van der Waals surface area contributed by atoms with Crippen molar-refractivity contribution in [3.63, 3.8) is 0 Å². The van der Waals surface area contributed by atoms with Crippen LogP contribution in [0.5, 0.6) is 0 Å². The zero-order valence-electron chi connectivity index (χ0n) is 14.6. The van der Waals surface area contributed by atoms with Crippen molar-refractivity contribution in [3.8, 4) is 0 Å². The minimum atomic E-state index is 0.00177. The quantitative estimate of drug-likeness (QED) is 0.583. The molecule has 0 aromatic heterocycles. The lowest BCUT2D eigenvalue weighted by molar-refractivity contribution is 0.0451. The van der Waals surface area contributed by atoms with Crippen molar-refractivity contribution in [2.45, 2.75) is 76.4 Å². The second kappa shape index (κ2) is 10.1. The zero-order valence-corrected chi connectivity index (χ0v) is 14.6. The molecule has 2 rings (SSSR count). The van der Waals surface area contributed by atoms with Gasteiger partial charge in [0.1, 0.15) is 0 Å². The molecule has 0 aromatic rings. The second-order valence-electron chi connectivity index (χ2n) is 7.18. The molecule has 2 fully saturated rings. The number of hydrogen-bond donors (Lipinski definition) is 2. The Labute approximate surface area is 140 Å². The van der Waals surface area contributed by atoms with Gasteiger partial charge in [-0.05, 0) is 44.4 Å². The van der Waals surface area contributed by atoms with Crippen molar-refractivity contribution in [3.05, 3.63) is 0 Å². The van der Waals surface area contributed by atoms with Gasteiger partial charge in [-0.25, -0.2) is 4.79 Å². The maximum atomic E-state index is 12.2. The van der Waals surface area contributed by atoms with Crippen molar-refractivity contribution in [1.29, 1.82) is 0 Å². The molecule has 2 aliphatic carbocycles. The van der Waals surface area contributed by atoms with E-state index in [2.05, 4.69) is 5.32 Å². The molecular formula is C18H34N2O3. The minimum Gasteiger partial charge on any atom is -0.396 e. The Morgan fingerprint density at radius 3 is 2.35 bits per heavy atom. The molecule has 2 saturated carbocycles. The Kier molecular flexibility index (Phi) is 8.17. The smallest absolute Gasteiger partial charge is 0.317 e. The van der Waals surface area contributed by atoms with Crippen molar-refractivity contribution >= 4 is 6.03 Å². The maximum absolute atomic E-state index is 12.2. The van der Waals surface area contributed by atoms with Crippen LogP contribution in [0.2, 0.25) is 0 Å². The molecule has 5 nitrogen and oxygen atoms in total. The van der Waals surface area contributed by atoms with Gasteiger partial charge in [0.2, 0.25) is 0 Å². The van der Waals surface area contributed by atoms with Gasteiger partial charge >= 0.3 is 6.03 Å². The molecule has 0 bridgehead atoms. The largest absolute Gasteiger partial charge is 0.396 e. The fourth-order valence-corrected chi connectivity index (χ4v) is 3.80. The van der Waals surface area contributed by atoms with E-state index < -0.39 is 0 Å². The number of aliphatic hydroxyl groups excluding tert-OH is 1. The van der Waals surface area contributed by atoms with Gasteiger partial charge in [0.05, 0.1) is 12.7 Å². The number of hydrogen-bond acceptors (Lipinski definition) is 3. The molecule has 2 amide bonds. The van der Waals surface area contributed by atoms with Gasteiger partial charge in [0, 0.05) is 26.2 Å². The highest BCUT2D eigenvalue weighted by Gasteiger charge is 2.26. The van der Waals surface area contributed by atoms with Crippen molar-refractivity contribution in [2.24, 2.45) is 5.92 Å². The van der Waals surface area contributed by atoms with Crippen LogP contribution in [0.3, 0.4) is 0 Å². The second-order valence-corrected chi connectivity index (χ2v) is 7.18. The van der Waals surface area contributed by atoms with Crippen molar-refractivity contribution < 1.29 is 14.6 Å². The Morgan fingerprint density at radius 2 is 1.74 bits per heavy atom. The summed E-state index contributed by atoms with van der Waals surface area (Å²) in [6, 6.07) is 0.308. The van der Waals surface area contributed by atoms with E-state index >= 15 is 0 Å². The van der Waals surface area contributed by atoms with E-state index in [1.807, 2.05) is 11.9 Å². The maximum Gasteiger partial charge on any atom is 0.317 e. The monoisotopic (exact) mass is 326 g/mol. The van der Waals surface area contributed by atoms with Crippen LogP contribution in [0.15, 0.2) is 0 Å². The highest BCUT2D eigenvalue weighted by Crippen LogP contribution is 2.26. The van der Waals surface area contributed by atoms with Crippen LogP contribution >= 0.6 is 0 Å². The highest BCUT2D eigenvalue weighted by atomic mass is 16.5. The summed E-state index contributed by atoms with van der Waals surface area (Å²) in [6.07, 6.45) is 12.0. The van der Waals surface area contributed by atoms with Gasteiger partial charge in [-0.1, -0.05) is 25.7 Å². The van der Waals surface area contributed by atoms with Crippen LogP contribution in [0.25, 0.3) is 0 Å². The van der Waals surface area contributed by atoms with E-state index in [9.17, 15) is 9.90 Å². The van der Waals surface area contributed by atoms with Crippen LogP contribution in [-0.4, -0.2) is 55.0 Å². The van der Waals surface area contributed by atoms with Crippen LogP contribution < -0.4 is 5.32 Å². The summed E-state index contributed by atoms with van der Waals surface area (Å²) in [4.78, 5) is 14.0. The number of amides is 2. The average Bonchev–Trinajstić information content (AvgIpc) is 2.86. The standard InChI is InChI=1S/C18H34N2O3/c1-20(16-10-8-15(14-21)9-11-16)18(22)19-12-13-23-17-6-4-2-3-5-7-17/h15-17,21H,2-14H2,1H3,(H,19,22). The number of rotatable bonds is 6. The first kappa shape index (κ1) is 18.5. The number of nitrogens with zero attached hydrogens (tertiary/aromatic N) is 1. The Balaban J connectivity index is 1.58. The summed E-state index contributed by atoms with van der Waals surface area (Å²) in [7, 11) is 1.88. The number of nitrogens with one attached hydrogen (secondary N) is 1. The number of urea groups is 1. The van der Waals surface area contributed by atoms with E-state index in [1.54, 1.807) is 0 Å². The summed E-state index contributed by atoms with van der Waals surface area (Å²) in [5.41, 5.74) is 0. The molecule has 5 heteroatoms. The molecule has 0 saturated heterocycles. The molecule has 134 valence electrons. The molecule has 0 aromatic carbocycles. The number of carbonyl (C=O) groups excluding carboxylic acids is 1. The molecule has 2 N–H and O–H groups in total. The van der Waals surface area contributed by atoms with Gasteiger partial charge in [0.25, 0.3) is 0 Å². The third-order valence-electron chi connectivity index (χ3n) is 5.48. The number of aliphatic hydroxyl groups is 1. The summed E-state index contributed by atoms with van der Waals surface area (Å²) < 4.78 is 5.91. The topological polar surface area (TPSA) is 61.8 Å². The lowest BCUT2D eigenvalue weighted by Gasteiger charge is -2.34. The lowest BCUT2D eigenvalue weighted by atomic mass is 9.86. The van der Waals surface area contributed by atoms with E-state index in [1.165, 1.54) is 38.5 Å². The van der Waals surface area contributed by atoms with E-state index in [-0.39, 0.29) is 12.6 Å². The van der Waals surface area contributed by atoms with E-state index in [0.29, 0.717) is 31.2 Å². The van der Waals surface area contributed by atoms with Crippen LogP contribution in [0.1, 0.15) is 64.2 Å². The van der Waals surface area contributed by atoms with Crippen LogP contribution in [-0.2, 0) is 4.74 Å². The molecule has 0 atom stereocenters. The number of ether oxygens (including phenoxy) is 1. The van der Waals surface area contributed by atoms with E-state index in [0.717, 1.165) is 25.7 Å². The molecular weight excluding hydrogens is 292 g/mol. The summed E-state index contributed by atoms with van der Waals surface area (Å²) >= 11 is 0. The Hall–Kier alpha value is -0.810. The van der Waals surface area contributed by atoms with Gasteiger partial charge in [-0.2, -0.15) is 0 Å². The first-order valence-electron chi connectivity index (χ1n) is 9.44. The fraction of sp³-hybridized carbons (Fsp3) is 0.944. The Morgan fingerprint density at radius 1 is 1.09 bits per heavy atom. The molecule has 0 spiro atoms. The van der Waals surface area contributed by atoms with Crippen LogP contribution in [0, 0.1) is 5.92 Å². The minimum absolute atomic E-state index is 0.00177. The molecule has 0 heterocycles. The zero-order chi connectivity index (χ0) is 16.5. The predicted molar refractivity (Wildman–Crippen MR) is 91.4 cm³/mol. The van der Waals surface area contributed by atoms with Crippen LogP contribution in [0.4, 0.5) is 4.79 Å².